The molecule has 3 heterocycles. The van der Waals surface area contributed by atoms with Gasteiger partial charge in [-0.2, -0.15) is 0 Å². The number of hydrogen-bond acceptors (Lipinski definition) is 3. The van der Waals surface area contributed by atoms with Gasteiger partial charge in [0.15, 0.2) is 0 Å². The van der Waals surface area contributed by atoms with Crippen LogP contribution < -0.4 is 5.32 Å². The molecule has 0 atom stereocenters. The molecule has 1 amide bonds. The number of aryl methyl sites for hydroxylation is 2. The molecule has 0 fully saturated rings. The summed E-state index contributed by atoms with van der Waals surface area (Å²) < 4.78 is 2.33. The number of benzene rings is 1. The first-order valence-electron chi connectivity index (χ1n) is 8.11. The summed E-state index contributed by atoms with van der Waals surface area (Å²) in [5, 5.41) is 4.98. The van der Waals surface area contributed by atoms with Gasteiger partial charge in [0.05, 0.1) is 17.5 Å². The van der Waals surface area contributed by atoms with E-state index in [-0.39, 0.29) is 5.91 Å². The maximum atomic E-state index is 12.1. The van der Waals surface area contributed by atoms with Crippen LogP contribution >= 0.6 is 11.3 Å². The average Bonchev–Trinajstić information content (AvgIpc) is 3.09. The number of aromatic nitrogens is 2. The van der Waals surface area contributed by atoms with E-state index in [0.29, 0.717) is 6.42 Å². The number of thiophene rings is 1. The predicted octanol–water partition coefficient (Wildman–Crippen LogP) is 4.01. The lowest BCUT2D eigenvalue weighted by Crippen LogP contribution is -2.13. The Morgan fingerprint density at radius 1 is 1.26 bits per heavy atom. The SMILES string of the molecule is O=C(Cc1cccs1)Nc1ccc2c(c1)nc1n2CCCCC1. The van der Waals surface area contributed by atoms with Crippen molar-refractivity contribution in [3.63, 3.8) is 0 Å². The Balaban J connectivity index is 1.56. The Morgan fingerprint density at radius 2 is 2.22 bits per heavy atom. The molecule has 5 heteroatoms. The van der Waals surface area contributed by atoms with Crippen molar-refractivity contribution >= 4 is 34.0 Å². The maximum Gasteiger partial charge on any atom is 0.229 e. The van der Waals surface area contributed by atoms with E-state index in [1.807, 2.05) is 29.6 Å². The molecule has 0 unspecified atom stereocenters. The summed E-state index contributed by atoms with van der Waals surface area (Å²) in [6.07, 6.45) is 5.19. The Kier molecular flexibility index (Phi) is 3.87. The molecule has 1 aliphatic rings. The zero-order valence-electron chi connectivity index (χ0n) is 12.9. The molecule has 4 rings (SSSR count). The van der Waals surface area contributed by atoms with E-state index >= 15 is 0 Å². The van der Waals surface area contributed by atoms with Crippen LogP contribution in [0.15, 0.2) is 35.7 Å². The molecule has 1 aromatic carbocycles. The molecule has 1 aliphatic heterocycles. The van der Waals surface area contributed by atoms with Gasteiger partial charge in [-0.05, 0) is 42.5 Å². The van der Waals surface area contributed by atoms with Crippen LogP contribution in [0.2, 0.25) is 0 Å². The third-order valence-corrected chi connectivity index (χ3v) is 5.18. The summed E-state index contributed by atoms with van der Waals surface area (Å²) in [6.45, 7) is 1.05. The van der Waals surface area contributed by atoms with Crippen LogP contribution in [-0.2, 0) is 24.2 Å². The summed E-state index contributed by atoms with van der Waals surface area (Å²) in [4.78, 5) is 18.0. The molecule has 0 saturated heterocycles. The second-order valence-corrected chi connectivity index (χ2v) is 7.03. The summed E-state index contributed by atoms with van der Waals surface area (Å²) in [6, 6.07) is 10.0. The molecule has 0 spiro atoms. The highest BCUT2D eigenvalue weighted by atomic mass is 32.1. The molecule has 0 bridgehead atoms. The van der Waals surface area contributed by atoms with Crippen molar-refractivity contribution in [3.05, 3.63) is 46.4 Å². The van der Waals surface area contributed by atoms with Crippen molar-refractivity contribution in [2.24, 2.45) is 0 Å². The molecule has 0 saturated carbocycles. The van der Waals surface area contributed by atoms with Crippen LogP contribution in [0.5, 0.6) is 0 Å². The minimum absolute atomic E-state index is 0.0209. The number of hydrogen-bond donors (Lipinski definition) is 1. The van der Waals surface area contributed by atoms with Gasteiger partial charge in [0.25, 0.3) is 0 Å². The maximum absolute atomic E-state index is 12.1. The minimum Gasteiger partial charge on any atom is -0.328 e. The average molecular weight is 325 g/mol. The van der Waals surface area contributed by atoms with Gasteiger partial charge < -0.3 is 9.88 Å². The van der Waals surface area contributed by atoms with E-state index in [1.54, 1.807) is 11.3 Å². The van der Waals surface area contributed by atoms with Crippen molar-refractivity contribution in [3.8, 4) is 0 Å². The van der Waals surface area contributed by atoms with Gasteiger partial charge in [0.2, 0.25) is 5.91 Å². The summed E-state index contributed by atoms with van der Waals surface area (Å²) in [7, 11) is 0. The second kappa shape index (κ2) is 6.16. The molecule has 118 valence electrons. The molecule has 4 nitrogen and oxygen atoms in total. The van der Waals surface area contributed by atoms with E-state index in [2.05, 4.69) is 16.0 Å². The van der Waals surface area contributed by atoms with Gasteiger partial charge in [-0.25, -0.2) is 4.98 Å². The van der Waals surface area contributed by atoms with Crippen LogP contribution in [0.25, 0.3) is 11.0 Å². The molecule has 23 heavy (non-hydrogen) atoms. The lowest BCUT2D eigenvalue weighted by molar-refractivity contribution is -0.115. The van der Waals surface area contributed by atoms with Crippen molar-refractivity contribution in [1.29, 1.82) is 0 Å². The standard InChI is InChI=1S/C18H19N3OS/c22-18(12-14-5-4-10-23-14)19-13-7-8-16-15(11-13)20-17-6-2-1-3-9-21(16)17/h4-5,7-8,10-11H,1-3,6,9,12H2,(H,19,22). The highest BCUT2D eigenvalue weighted by Gasteiger charge is 2.14. The number of rotatable bonds is 3. The largest absolute Gasteiger partial charge is 0.328 e. The highest BCUT2D eigenvalue weighted by Crippen LogP contribution is 2.24. The van der Waals surface area contributed by atoms with Gasteiger partial charge in [0, 0.05) is 23.5 Å². The molecular weight excluding hydrogens is 306 g/mol. The fourth-order valence-corrected chi connectivity index (χ4v) is 3.91. The van der Waals surface area contributed by atoms with Crippen molar-refractivity contribution in [1.82, 2.24) is 9.55 Å². The third-order valence-electron chi connectivity index (χ3n) is 4.31. The quantitative estimate of drug-likeness (QED) is 0.791. The third kappa shape index (κ3) is 3.01. The Bertz CT molecular complexity index is 835. The zero-order valence-corrected chi connectivity index (χ0v) is 13.7. The number of nitrogens with one attached hydrogen (secondary N) is 1. The number of imidazole rings is 1. The minimum atomic E-state index is 0.0209. The molecule has 0 aliphatic carbocycles. The fourth-order valence-electron chi connectivity index (χ4n) is 3.20. The fraction of sp³-hybridized carbons (Fsp3) is 0.333. The predicted molar refractivity (Wildman–Crippen MR) is 93.9 cm³/mol. The second-order valence-electron chi connectivity index (χ2n) is 6.00. The Hall–Kier alpha value is -2.14. The topological polar surface area (TPSA) is 46.9 Å². The van der Waals surface area contributed by atoms with E-state index < -0.39 is 0 Å². The Labute approximate surface area is 139 Å². The van der Waals surface area contributed by atoms with E-state index in [0.717, 1.165) is 29.0 Å². The van der Waals surface area contributed by atoms with Crippen molar-refractivity contribution in [2.45, 2.75) is 38.6 Å². The molecular formula is C18H19N3OS. The number of anilines is 1. The number of fused-ring (bicyclic) bond motifs is 3. The van der Waals surface area contributed by atoms with E-state index in [9.17, 15) is 4.79 Å². The lowest BCUT2D eigenvalue weighted by atomic mass is 10.2. The lowest BCUT2D eigenvalue weighted by Gasteiger charge is -2.06. The van der Waals surface area contributed by atoms with Gasteiger partial charge in [-0.3, -0.25) is 4.79 Å². The summed E-state index contributed by atoms with van der Waals surface area (Å²) in [5.41, 5.74) is 2.99. The summed E-state index contributed by atoms with van der Waals surface area (Å²) in [5.74, 6) is 1.20. The first-order chi connectivity index (χ1) is 11.3. The summed E-state index contributed by atoms with van der Waals surface area (Å²) >= 11 is 1.61. The van der Waals surface area contributed by atoms with E-state index in [1.165, 1.54) is 30.6 Å². The van der Waals surface area contributed by atoms with Crippen LogP contribution in [0.1, 0.15) is 30.0 Å². The van der Waals surface area contributed by atoms with Crippen LogP contribution in [0.4, 0.5) is 5.69 Å². The van der Waals surface area contributed by atoms with Crippen molar-refractivity contribution < 1.29 is 4.79 Å². The number of carbonyl (C=O) groups excluding carboxylic acids is 1. The van der Waals surface area contributed by atoms with Gasteiger partial charge in [0.1, 0.15) is 5.82 Å². The van der Waals surface area contributed by atoms with Gasteiger partial charge in [-0.1, -0.05) is 12.5 Å². The van der Waals surface area contributed by atoms with E-state index in [4.69, 9.17) is 4.98 Å². The van der Waals surface area contributed by atoms with Crippen LogP contribution in [0.3, 0.4) is 0 Å². The first-order valence-corrected chi connectivity index (χ1v) is 8.99. The monoisotopic (exact) mass is 325 g/mol. The molecule has 2 aromatic heterocycles. The molecule has 0 radical (unpaired) electrons. The Morgan fingerprint density at radius 3 is 3.09 bits per heavy atom. The van der Waals surface area contributed by atoms with Gasteiger partial charge >= 0.3 is 0 Å². The van der Waals surface area contributed by atoms with Gasteiger partial charge in [-0.15, -0.1) is 11.3 Å². The van der Waals surface area contributed by atoms with Crippen molar-refractivity contribution in [2.75, 3.05) is 5.32 Å². The first kappa shape index (κ1) is 14.5. The number of carbonyl (C=O) groups is 1. The number of nitrogens with zero attached hydrogens (tertiary/aromatic N) is 2. The molecule has 3 aromatic rings. The highest BCUT2D eigenvalue weighted by molar-refractivity contribution is 7.10. The normalized spacial score (nSPS) is 14.4. The van der Waals surface area contributed by atoms with Crippen LogP contribution in [0, 0.1) is 0 Å². The smallest absolute Gasteiger partial charge is 0.229 e. The van der Waals surface area contributed by atoms with Crippen LogP contribution in [-0.4, -0.2) is 15.5 Å². The number of amides is 1. The molecule has 1 N–H and O–H groups in total. The zero-order chi connectivity index (χ0) is 15.6.